The van der Waals surface area contributed by atoms with Gasteiger partial charge in [0.1, 0.15) is 14.9 Å². The van der Waals surface area contributed by atoms with Gasteiger partial charge in [0.25, 0.3) is 5.56 Å². The van der Waals surface area contributed by atoms with Gasteiger partial charge < -0.3 is 5.32 Å². The zero-order chi connectivity index (χ0) is 13.8. The second-order valence-corrected chi connectivity index (χ2v) is 6.48. The molecule has 0 aromatic carbocycles. The normalized spacial score (nSPS) is 11.7. The van der Waals surface area contributed by atoms with E-state index in [4.69, 9.17) is 11.6 Å². The van der Waals surface area contributed by atoms with Crippen LogP contribution in [0.2, 0.25) is 5.02 Å². The van der Waals surface area contributed by atoms with Crippen LogP contribution in [-0.2, 0) is 16.4 Å². The number of sulfone groups is 1. The summed E-state index contributed by atoms with van der Waals surface area (Å²) in [6.45, 7) is 1.00. The second-order valence-electron chi connectivity index (χ2n) is 3.81. The molecule has 18 heavy (non-hydrogen) atoms. The largest absolute Gasteiger partial charge is 0.328 e. The third-order valence-corrected chi connectivity index (χ3v) is 3.36. The van der Waals surface area contributed by atoms with Gasteiger partial charge in [-0.3, -0.25) is 14.3 Å². The summed E-state index contributed by atoms with van der Waals surface area (Å²) >= 11 is 5.58. The van der Waals surface area contributed by atoms with Crippen molar-refractivity contribution >= 4 is 21.4 Å². The summed E-state index contributed by atoms with van der Waals surface area (Å²) in [4.78, 5) is 24.4. The minimum atomic E-state index is -2.99. The standard InChI is InChI=1S/C9H14ClN3O4S/c1-18(16,17)5-3-11-2-4-13-6-7(10)8(14)12-9(13)15/h6,11H,2-5H2,1H3,(H,12,14,15). The lowest BCUT2D eigenvalue weighted by Gasteiger charge is -2.06. The van der Waals surface area contributed by atoms with Crippen molar-refractivity contribution in [1.29, 1.82) is 0 Å². The first-order valence-corrected chi connectivity index (χ1v) is 7.61. The van der Waals surface area contributed by atoms with Crippen LogP contribution in [0.5, 0.6) is 0 Å². The zero-order valence-corrected chi connectivity index (χ0v) is 11.3. The lowest BCUT2D eigenvalue weighted by molar-refractivity contribution is 0.575. The number of hydrogen-bond donors (Lipinski definition) is 2. The fourth-order valence-electron chi connectivity index (χ4n) is 1.23. The maximum Gasteiger partial charge on any atom is 0.328 e. The molecule has 0 bridgehead atoms. The van der Waals surface area contributed by atoms with Crippen molar-refractivity contribution in [2.24, 2.45) is 0 Å². The fourth-order valence-corrected chi connectivity index (χ4v) is 1.91. The van der Waals surface area contributed by atoms with Crippen LogP contribution >= 0.6 is 11.6 Å². The van der Waals surface area contributed by atoms with Crippen molar-refractivity contribution in [3.05, 3.63) is 32.1 Å². The van der Waals surface area contributed by atoms with Gasteiger partial charge in [-0.1, -0.05) is 11.6 Å². The van der Waals surface area contributed by atoms with E-state index in [2.05, 4.69) is 10.3 Å². The monoisotopic (exact) mass is 295 g/mol. The highest BCUT2D eigenvalue weighted by Gasteiger charge is 2.03. The average molecular weight is 296 g/mol. The summed E-state index contributed by atoms with van der Waals surface area (Å²) in [6, 6.07) is 0. The Morgan fingerprint density at radius 2 is 2.06 bits per heavy atom. The molecule has 7 nitrogen and oxygen atoms in total. The van der Waals surface area contributed by atoms with Crippen LogP contribution in [0.1, 0.15) is 0 Å². The molecular formula is C9H14ClN3O4S. The number of hydrogen-bond acceptors (Lipinski definition) is 5. The Morgan fingerprint density at radius 1 is 1.39 bits per heavy atom. The number of aromatic nitrogens is 2. The molecule has 0 radical (unpaired) electrons. The Hall–Kier alpha value is -1.12. The summed E-state index contributed by atoms with van der Waals surface area (Å²) in [5.74, 6) is 0.0360. The van der Waals surface area contributed by atoms with Crippen molar-refractivity contribution in [2.75, 3.05) is 25.1 Å². The molecule has 0 spiro atoms. The van der Waals surface area contributed by atoms with Crippen molar-refractivity contribution < 1.29 is 8.42 Å². The van der Waals surface area contributed by atoms with Gasteiger partial charge in [0, 0.05) is 32.1 Å². The van der Waals surface area contributed by atoms with E-state index in [9.17, 15) is 18.0 Å². The van der Waals surface area contributed by atoms with Crippen molar-refractivity contribution in [3.63, 3.8) is 0 Å². The predicted octanol–water partition coefficient (Wildman–Crippen LogP) is -1.18. The quantitative estimate of drug-likeness (QED) is 0.644. The van der Waals surface area contributed by atoms with Crippen LogP contribution in [0, 0.1) is 0 Å². The minimum absolute atomic E-state index is 0.0360. The molecule has 2 N–H and O–H groups in total. The SMILES string of the molecule is CS(=O)(=O)CCNCCn1cc(Cl)c(=O)[nH]c1=O. The van der Waals surface area contributed by atoms with Crippen molar-refractivity contribution in [2.45, 2.75) is 6.54 Å². The van der Waals surface area contributed by atoms with Crippen molar-refractivity contribution in [1.82, 2.24) is 14.9 Å². The van der Waals surface area contributed by atoms with Gasteiger partial charge in [0.15, 0.2) is 0 Å². The number of nitrogens with zero attached hydrogens (tertiary/aromatic N) is 1. The molecule has 1 heterocycles. The molecule has 0 fully saturated rings. The molecule has 0 amide bonds. The molecule has 0 saturated carbocycles. The van der Waals surface area contributed by atoms with Gasteiger partial charge >= 0.3 is 5.69 Å². The summed E-state index contributed by atoms with van der Waals surface area (Å²) in [7, 11) is -2.99. The van der Waals surface area contributed by atoms with Crippen LogP contribution in [0.4, 0.5) is 0 Å². The van der Waals surface area contributed by atoms with E-state index in [1.165, 1.54) is 10.8 Å². The minimum Gasteiger partial charge on any atom is -0.314 e. The smallest absolute Gasteiger partial charge is 0.314 e. The molecule has 1 aromatic rings. The summed E-state index contributed by atoms with van der Waals surface area (Å²) < 4.78 is 22.9. The third-order valence-electron chi connectivity index (χ3n) is 2.15. The van der Waals surface area contributed by atoms with E-state index in [1.54, 1.807) is 0 Å². The van der Waals surface area contributed by atoms with Gasteiger partial charge in [-0.05, 0) is 0 Å². The first kappa shape index (κ1) is 14.9. The lowest BCUT2D eigenvalue weighted by atomic mass is 10.5. The Labute approximate surface area is 109 Å². The van der Waals surface area contributed by atoms with Crippen LogP contribution in [0.3, 0.4) is 0 Å². The molecule has 0 atom stereocenters. The number of aromatic amines is 1. The number of H-pyrrole nitrogens is 1. The third kappa shape index (κ3) is 5.03. The molecule has 1 aromatic heterocycles. The molecule has 0 aliphatic rings. The van der Waals surface area contributed by atoms with Gasteiger partial charge in [-0.25, -0.2) is 13.2 Å². The summed E-state index contributed by atoms with van der Waals surface area (Å²) in [5.41, 5.74) is -1.17. The topological polar surface area (TPSA) is 101 Å². The van der Waals surface area contributed by atoms with Gasteiger partial charge in [-0.2, -0.15) is 0 Å². The highest BCUT2D eigenvalue weighted by molar-refractivity contribution is 7.90. The lowest BCUT2D eigenvalue weighted by Crippen LogP contribution is -2.33. The summed E-state index contributed by atoms with van der Waals surface area (Å²) in [5, 5.41) is 2.81. The van der Waals surface area contributed by atoms with Crippen LogP contribution in [0.25, 0.3) is 0 Å². The van der Waals surface area contributed by atoms with E-state index in [-0.39, 0.29) is 10.8 Å². The summed E-state index contributed by atoms with van der Waals surface area (Å²) in [6.07, 6.45) is 2.40. The first-order valence-electron chi connectivity index (χ1n) is 5.17. The van der Waals surface area contributed by atoms with Gasteiger partial charge in [0.2, 0.25) is 0 Å². The number of nitrogens with one attached hydrogen (secondary N) is 2. The van der Waals surface area contributed by atoms with E-state index >= 15 is 0 Å². The molecule has 0 unspecified atom stereocenters. The Kier molecular flexibility index (Phi) is 5.12. The first-order chi connectivity index (χ1) is 8.29. The Balaban J connectivity index is 2.48. The van der Waals surface area contributed by atoms with Crippen LogP contribution in [0.15, 0.2) is 15.8 Å². The molecule has 1 rings (SSSR count). The Morgan fingerprint density at radius 3 is 2.67 bits per heavy atom. The fraction of sp³-hybridized carbons (Fsp3) is 0.556. The van der Waals surface area contributed by atoms with E-state index in [0.717, 1.165) is 6.26 Å². The van der Waals surface area contributed by atoms with E-state index in [0.29, 0.717) is 19.6 Å². The Bertz CT molecular complexity index is 619. The van der Waals surface area contributed by atoms with Crippen molar-refractivity contribution in [3.8, 4) is 0 Å². The second kappa shape index (κ2) is 6.17. The number of halogens is 1. The van der Waals surface area contributed by atoms with Crippen LogP contribution < -0.4 is 16.6 Å². The molecule has 0 aliphatic heterocycles. The molecular weight excluding hydrogens is 282 g/mol. The molecule has 9 heteroatoms. The maximum absolute atomic E-state index is 11.3. The molecule has 0 saturated heterocycles. The van der Waals surface area contributed by atoms with E-state index in [1.807, 2.05) is 0 Å². The predicted molar refractivity (Wildman–Crippen MR) is 68.9 cm³/mol. The van der Waals surface area contributed by atoms with Gasteiger partial charge in [-0.15, -0.1) is 0 Å². The average Bonchev–Trinajstić information content (AvgIpc) is 2.23. The van der Waals surface area contributed by atoms with E-state index < -0.39 is 21.1 Å². The molecule has 102 valence electrons. The zero-order valence-electron chi connectivity index (χ0n) is 9.77. The highest BCUT2D eigenvalue weighted by atomic mass is 35.5. The number of rotatable bonds is 6. The molecule has 0 aliphatic carbocycles. The van der Waals surface area contributed by atoms with Gasteiger partial charge in [0.05, 0.1) is 5.75 Å². The maximum atomic E-state index is 11.3. The van der Waals surface area contributed by atoms with Crippen LogP contribution in [-0.4, -0.2) is 43.1 Å². The highest BCUT2D eigenvalue weighted by Crippen LogP contribution is 1.94.